The van der Waals surface area contributed by atoms with Crippen LogP contribution in [0.3, 0.4) is 0 Å². The summed E-state index contributed by atoms with van der Waals surface area (Å²) in [5.41, 5.74) is 1.74. The van der Waals surface area contributed by atoms with Crippen LogP contribution in [0.15, 0.2) is 35.1 Å². The molecule has 2 heterocycles. The summed E-state index contributed by atoms with van der Waals surface area (Å²) in [5, 5.41) is 18.8. The SMILES string of the molecule is CCNc1nc(Cl)nc(NC(C)(C)C)n1.CCOC(=O)C(Cl)Cc1cc(-n2nc(C)n(C(F)F)c2=O)c(F)cc1Cl.CCc1cccc(C)c1N(C(=O)CCl)C(C)COC.C[S+](C)C.O=C(O)CNCP(=O)([O-])O. The molecule has 0 fully saturated rings. The average molecular weight is 1170 g/mol. The summed E-state index contributed by atoms with van der Waals surface area (Å²) in [4.78, 5) is 77.6. The molecule has 418 valence electrons. The van der Waals surface area contributed by atoms with Crippen LogP contribution < -0.4 is 31.4 Å². The van der Waals surface area contributed by atoms with Crippen molar-refractivity contribution in [1.29, 1.82) is 0 Å². The van der Waals surface area contributed by atoms with Crippen molar-refractivity contribution < 1.29 is 56.5 Å². The maximum atomic E-state index is 14.2. The van der Waals surface area contributed by atoms with Crippen LogP contribution in [0.2, 0.25) is 10.3 Å². The van der Waals surface area contributed by atoms with Gasteiger partial charge in [0.25, 0.3) is 0 Å². The van der Waals surface area contributed by atoms with E-state index in [-0.39, 0.29) is 68.3 Å². The lowest BCUT2D eigenvalue weighted by Crippen LogP contribution is -2.43. The minimum absolute atomic E-state index is 0.0223. The number of carboxylic acid groups (broad SMARTS) is 1. The minimum atomic E-state index is -4.35. The van der Waals surface area contributed by atoms with Crippen molar-refractivity contribution in [2.45, 2.75) is 98.7 Å². The Labute approximate surface area is 452 Å². The van der Waals surface area contributed by atoms with E-state index >= 15 is 0 Å². The maximum absolute atomic E-state index is 14.2. The van der Waals surface area contributed by atoms with E-state index < -0.39 is 55.8 Å². The highest BCUT2D eigenvalue weighted by atomic mass is 35.5. The third-order valence-corrected chi connectivity index (χ3v) is 10.4. The Morgan fingerprint density at radius 3 is 2.09 bits per heavy atom. The Hall–Kier alpha value is -4.23. The fourth-order valence-corrected chi connectivity index (χ4v) is 7.01. The molecule has 4 aromatic rings. The van der Waals surface area contributed by atoms with Crippen molar-refractivity contribution in [3.63, 3.8) is 0 Å². The van der Waals surface area contributed by atoms with Gasteiger partial charge in [-0.05, 0) is 113 Å². The largest absolute Gasteiger partial charge is 0.778 e. The van der Waals surface area contributed by atoms with Gasteiger partial charge in [-0.3, -0.25) is 19.7 Å². The second-order valence-electron chi connectivity index (χ2n) is 16.8. The van der Waals surface area contributed by atoms with Crippen LogP contribution in [0, 0.1) is 19.7 Å². The Balaban J connectivity index is 0.000000982. The van der Waals surface area contributed by atoms with Gasteiger partial charge in [0.1, 0.15) is 30.4 Å². The van der Waals surface area contributed by atoms with Crippen molar-refractivity contribution in [2.75, 3.05) is 79.9 Å². The fourth-order valence-electron chi connectivity index (χ4n) is 5.87. The number of alkyl halides is 4. The quantitative estimate of drug-likeness (QED) is 0.0268. The number of esters is 1. The zero-order valence-corrected chi connectivity index (χ0v) is 48.3. The third kappa shape index (κ3) is 26.5. The molecule has 0 saturated heterocycles. The van der Waals surface area contributed by atoms with Crippen LogP contribution in [0.25, 0.3) is 5.69 Å². The number of anilines is 3. The molecule has 0 spiro atoms. The smallest absolute Gasteiger partial charge is 0.355 e. The highest BCUT2D eigenvalue weighted by molar-refractivity contribution is 7.94. The number of hydrogen-bond donors (Lipinski definition) is 5. The molecule has 29 heteroatoms. The highest BCUT2D eigenvalue weighted by Gasteiger charge is 2.26. The number of rotatable bonds is 19. The van der Waals surface area contributed by atoms with E-state index in [0.29, 0.717) is 34.1 Å². The summed E-state index contributed by atoms with van der Waals surface area (Å²) in [7, 11) is -2.07. The predicted octanol–water partition coefficient (Wildman–Crippen LogP) is 7.23. The van der Waals surface area contributed by atoms with Crippen LogP contribution in [-0.2, 0) is 52.2 Å². The molecule has 0 aliphatic carbocycles. The maximum Gasteiger partial charge on any atom is 0.355 e. The number of carbonyl (C=O) groups excluding carboxylic acids is 2. The number of hydrogen-bond acceptors (Lipinski definition) is 15. The molecule has 0 radical (unpaired) electrons. The summed E-state index contributed by atoms with van der Waals surface area (Å²) >= 11 is 23.4. The van der Waals surface area contributed by atoms with E-state index in [1.807, 2.05) is 59.0 Å². The topological polar surface area (TPSA) is 268 Å². The number of ether oxygens (including phenoxy) is 2. The molecule has 0 bridgehead atoms. The van der Waals surface area contributed by atoms with Crippen LogP contribution in [0.4, 0.5) is 30.8 Å². The number of methoxy groups -OCH3 is 1. The number of nitrogens with one attached hydrogen (secondary N) is 3. The lowest BCUT2D eigenvalue weighted by Gasteiger charge is -2.31. The molecule has 74 heavy (non-hydrogen) atoms. The molecule has 3 unspecified atom stereocenters. The van der Waals surface area contributed by atoms with Gasteiger partial charge in [-0.15, -0.1) is 28.3 Å². The van der Waals surface area contributed by atoms with Crippen LogP contribution in [-0.4, -0.2) is 138 Å². The third-order valence-electron chi connectivity index (χ3n) is 8.65. The average Bonchev–Trinajstić information content (AvgIpc) is 3.57. The Bertz CT molecular complexity index is 2500. The number of amides is 1. The Kier molecular flexibility index (Phi) is 32.5. The lowest BCUT2D eigenvalue weighted by atomic mass is 10.0. The summed E-state index contributed by atoms with van der Waals surface area (Å²) < 4.78 is 60.6. The first-order valence-corrected chi connectivity index (χ1v) is 28.3. The standard InChI is InChI=1S/C15H14Cl2F3N3O3.C15H22ClNO2.C9H16ClN5.C3H8NO5P.C3H9S/c1-3-26-13(24)10(17)4-8-5-12(11(18)6-9(8)16)23-15(25)22(14(19)20)7(2)21-23;1-5-13-8-6-7-11(2)15(13)17(14(18)9-16)12(3)10-19-4;1-5-11-7-12-6(10)13-8(14-7)15-9(2,3)4;5-3(6)1-4-2-10(7,8)9;1-4(2)3/h5-6,10,14H,3-4H2,1-2H3;6-8,12H,5,9-10H2,1-4H3;5H2,1-4H3,(H2,11,12,13,14,15);4H,1-2H2,(H,5,6)(H2,7,8,9);1-3H3/q;;;;+1/p-1. The molecule has 0 saturated carbocycles. The molecular weight excluding hydrogens is 1100 g/mol. The summed E-state index contributed by atoms with van der Waals surface area (Å²) in [6, 6.07) is 8.07. The molecule has 3 atom stereocenters. The Morgan fingerprint density at radius 1 is 1.03 bits per heavy atom. The summed E-state index contributed by atoms with van der Waals surface area (Å²) in [6.45, 7) is 14.7. The van der Waals surface area contributed by atoms with Crippen molar-refractivity contribution in [1.82, 2.24) is 34.6 Å². The number of nitrogens with zero attached hydrogens (tertiary/aromatic N) is 7. The first-order valence-electron chi connectivity index (χ1n) is 22.4. The molecule has 4 rings (SSSR count). The van der Waals surface area contributed by atoms with Gasteiger partial charge < -0.3 is 44.5 Å². The number of benzene rings is 2. The van der Waals surface area contributed by atoms with Crippen molar-refractivity contribution >= 4 is 100 Å². The number of aromatic nitrogens is 6. The number of halogens is 7. The summed E-state index contributed by atoms with van der Waals surface area (Å²) in [6.07, 6.45) is 6.64. The van der Waals surface area contributed by atoms with Crippen LogP contribution in [0.5, 0.6) is 0 Å². The van der Waals surface area contributed by atoms with Gasteiger partial charge in [0.15, 0.2) is 5.82 Å². The number of aryl methyl sites for hydroxylation is 3. The van der Waals surface area contributed by atoms with Crippen molar-refractivity contribution in [3.8, 4) is 5.69 Å². The number of para-hydroxylation sites is 1. The monoisotopic (exact) mass is 1170 g/mol. The normalized spacial score (nSPS) is 12.5. The number of carbonyl (C=O) groups is 3. The molecule has 5 N–H and O–H groups in total. The summed E-state index contributed by atoms with van der Waals surface area (Å²) in [5.74, 6) is -2.23. The molecule has 0 aliphatic heterocycles. The Morgan fingerprint density at radius 2 is 1.62 bits per heavy atom. The first-order chi connectivity index (χ1) is 34.3. The molecule has 0 aliphatic rings. The minimum Gasteiger partial charge on any atom is -0.778 e. The second kappa shape index (κ2) is 34.4. The molecule has 2 aromatic heterocycles. The van der Waals surface area contributed by atoms with Gasteiger partial charge in [-0.2, -0.15) is 28.4 Å². The predicted molar refractivity (Wildman–Crippen MR) is 287 cm³/mol. The van der Waals surface area contributed by atoms with E-state index in [9.17, 15) is 41.8 Å². The molecule has 20 nitrogen and oxygen atoms in total. The first kappa shape index (κ1) is 69.8. The van der Waals surface area contributed by atoms with Gasteiger partial charge >= 0.3 is 24.2 Å². The van der Waals surface area contributed by atoms with Crippen LogP contribution >= 0.6 is 54.0 Å². The number of aliphatic carboxylic acids is 1. The zero-order valence-electron chi connectivity index (χ0n) is 43.6. The van der Waals surface area contributed by atoms with Crippen molar-refractivity contribution in [2.24, 2.45) is 0 Å². The van der Waals surface area contributed by atoms with E-state index in [1.165, 1.54) is 6.92 Å². The molecular formula is C45H68Cl4F3N10O10PS. The van der Waals surface area contributed by atoms with Gasteiger partial charge in [-0.1, -0.05) is 36.7 Å². The van der Waals surface area contributed by atoms with Gasteiger partial charge in [-0.25, -0.2) is 13.8 Å². The van der Waals surface area contributed by atoms with Gasteiger partial charge in [0, 0.05) is 30.6 Å². The van der Waals surface area contributed by atoms with Crippen molar-refractivity contribution in [3.05, 3.63) is 79.5 Å². The van der Waals surface area contributed by atoms with E-state index in [2.05, 4.69) is 62.4 Å². The van der Waals surface area contributed by atoms with Gasteiger partial charge in [0.2, 0.25) is 23.1 Å². The van der Waals surface area contributed by atoms with Gasteiger partial charge in [0.05, 0.1) is 56.5 Å². The van der Waals surface area contributed by atoms with E-state index in [0.717, 1.165) is 41.9 Å². The highest BCUT2D eigenvalue weighted by Crippen LogP contribution is 2.29. The molecule has 1 amide bonds. The number of carboxylic acids is 1. The fraction of sp³-hybridized carbons (Fsp3) is 0.556. The van der Waals surface area contributed by atoms with Crippen LogP contribution in [0.1, 0.15) is 77.5 Å². The zero-order chi connectivity index (χ0) is 57.3. The van der Waals surface area contributed by atoms with E-state index in [1.54, 1.807) is 18.9 Å². The van der Waals surface area contributed by atoms with E-state index in [4.69, 9.17) is 65.9 Å². The lowest BCUT2D eigenvalue weighted by molar-refractivity contribution is -0.193. The molecule has 2 aromatic carbocycles. The second-order valence-corrected chi connectivity index (χ2v) is 22.4.